The second-order valence-corrected chi connectivity index (χ2v) is 6.01. The van der Waals surface area contributed by atoms with Gasteiger partial charge in [-0.3, -0.25) is 5.41 Å². The van der Waals surface area contributed by atoms with E-state index in [2.05, 4.69) is 4.98 Å². The van der Waals surface area contributed by atoms with Gasteiger partial charge in [0.25, 0.3) is 11.8 Å². The number of ether oxygens (including phenoxy) is 2. The normalized spacial score (nSPS) is 10.5. The van der Waals surface area contributed by atoms with Crippen molar-refractivity contribution in [2.24, 2.45) is 5.73 Å². The van der Waals surface area contributed by atoms with Crippen LogP contribution in [0, 0.1) is 24.0 Å². The summed E-state index contributed by atoms with van der Waals surface area (Å²) in [6.07, 6.45) is 0. The Hall–Kier alpha value is -3.19. The van der Waals surface area contributed by atoms with Gasteiger partial charge in [-0.15, -0.1) is 0 Å². The van der Waals surface area contributed by atoms with E-state index >= 15 is 0 Å². The number of aromatic nitrogens is 1. The molecule has 3 rings (SSSR count). The highest BCUT2D eigenvalue weighted by atomic mass is 35.5. The van der Waals surface area contributed by atoms with Gasteiger partial charge in [-0.1, -0.05) is 29.8 Å². The van der Waals surface area contributed by atoms with Crippen molar-refractivity contribution in [2.75, 3.05) is 0 Å². The molecule has 138 valence electrons. The van der Waals surface area contributed by atoms with E-state index in [4.69, 9.17) is 32.2 Å². The highest BCUT2D eigenvalue weighted by molar-refractivity contribution is 6.30. The molecule has 0 unspecified atom stereocenters. The van der Waals surface area contributed by atoms with E-state index in [0.717, 1.165) is 0 Å². The van der Waals surface area contributed by atoms with Gasteiger partial charge in [-0.25, -0.2) is 8.78 Å². The Morgan fingerprint density at radius 2 is 1.56 bits per heavy atom. The molecular weight excluding hydrogens is 376 g/mol. The first-order chi connectivity index (χ1) is 12.8. The van der Waals surface area contributed by atoms with Crippen LogP contribution in [0.3, 0.4) is 0 Å². The number of nitrogens with two attached hydrogens (primary N) is 1. The standard InChI is InChI=1S/C19H14ClF2N3O2/c1-10-15(21)18(26-13-6-2-4-11(8-13)17(23)24)25-19(16(10)22)27-14-7-3-5-12(20)9-14/h2-9H,1H3,(H3,23,24). The predicted molar refractivity (Wildman–Crippen MR) is 97.9 cm³/mol. The van der Waals surface area contributed by atoms with Crippen molar-refractivity contribution in [1.29, 1.82) is 5.41 Å². The molecule has 1 aromatic heterocycles. The molecule has 0 saturated heterocycles. The Kier molecular flexibility index (Phi) is 5.23. The van der Waals surface area contributed by atoms with Crippen molar-refractivity contribution in [2.45, 2.75) is 6.92 Å². The first-order valence-electron chi connectivity index (χ1n) is 7.76. The van der Waals surface area contributed by atoms with Gasteiger partial charge in [-0.05, 0) is 37.3 Å². The maximum atomic E-state index is 14.4. The molecule has 0 amide bonds. The lowest BCUT2D eigenvalue weighted by atomic mass is 10.2. The van der Waals surface area contributed by atoms with E-state index in [9.17, 15) is 8.78 Å². The SMILES string of the molecule is Cc1c(F)c(Oc2cccc(Cl)c2)nc(Oc2cccc(C(=N)N)c2)c1F. The van der Waals surface area contributed by atoms with Crippen molar-refractivity contribution in [3.63, 3.8) is 0 Å². The van der Waals surface area contributed by atoms with Crippen LogP contribution in [0.15, 0.2) is 48.5 Å². The molecule has 8 heteroatoms. The second-order valence-electron chi connectivity index (χ2n) is 5.58. The van der Waals surface area contributed by atoms with Gasteiger partial charge in [0, 0.05) is 16.1 Å². The number of nitrogens with one attached hydrogen (secondary N) is 1. The van der Waals surface area contributed by atoms with E-state index in [-0.39, 0.29) is 22.9 Å². The van der Waals surface area contributed by atoms with E-state index in [1.807, 2.05) is 0 Å². The average Bonchev–Trinajstić information content (AvgIpc) is 2.64. The first kappa shape index (κ1) is 18.6. The lowest BCUT2D eigenvalue weighted by molar-refractivity contribution is 0.373. The summed E-state index contributed by atoms with van der Waals surface area (Å²) in [5.74, 6) is -2.57. The van der Waals surface area contributed by atoms with Crippen LogP contribution in [-0.4, -0.2) is 10.8 Å². The highest BCUT2D eigenvalue weighted by Gasteiger charge is 2.21. The minimum absolute atomic E-state index is 0.172. The third-order valence-corrected chi connectivity index (χ3v) is 3.84. The van der Waals surface area contributed by atoms with Crippen molar-refractivity contribution in [1.82, 2.24) is 4.98 Å². The van der Waals surface area contributed by atoms with Crippen LogP contribution in [0.1, 0.15) is 11.1 Å². The largest absolute Gasteiger partial charge is 0.436 e. The number of hydrogen-bond acceptors (Lipinski definition) is 4. The first-order valence-corrected chi connectivity index (χ1v) is 8.14. The number of rotatable bonds is 5. The summed E-state index contributed by atoms with van der Waals surface area (Å²) in [6.45, 7) is 1.25. The Morgan fingerprint density at radius 1 is 1.00 bits per heavy atom. The monoisotopic (exact) mass is 389 g/mol. The molecule has 5 nitrogen and oxygen atoms in total. The molecule has 0 saturated carbocycles. The molecule has 0 aliphatic heterocycles. The number of nitrogens with zero attached hydrogens (tertiary/aromatic N) is 1. The maximum Gasteiger partial charge on any atom is 0.259 e. The number of benzene rings is 2. The molecule has 2 aromatic carbocycles. The van der Waals surface area contributed by atoms with Crippen LogP contribution in [-0.2, 0) is 0 Å². The Balaban J connectivity index is 1.97. The highest BCUT2D eigenvalue weighted by Crippen LogP contribution is 2.33. The quantitative estimate of drug-likeness (QED) is 0.464. The predicted octanol–water partition coefficient (Wildman–Crippen LogP) is 5.19. The molecule has 3 N–H and O–H groups in total. The topological polar surface area (TPSA) is 81.2 Å². The fourth-order valence-corrected chi connectivity index (χ4v) is 2.40. The molecular formula is C19H14ClF2N3O2. The lowest BCUT2D eigenvalue weighted by Crippen LogP contribution is -2.10. The minimum Gasteiger partial charge on any atom is -0.436 e. The van der Waals surface area contributed by atoms with E-state index in [1.54, 1.807) is 30.3 Å². The van der Waals surface area contributed by atoms with Gasteiger partial charge in [0.2, 0.25) is 0 Å². The second kappa shape index (κ2) is 7.59. The summed E-state index contributed by atoms with van der Waals surface area (Å²) in [7, 11) is 0. The summed E-state index contributed by atoms with van der Waals surface area (Å²) < 4.78 is 39.6. The lowest BCUT2D eigenvalue weighted by Gasteiger charge is -2.12. The molecule has 0 radical (unpaired) electrons. The minimum atomic E-state index is -0.959. The van der Waals surface area contributed by atoms with E-state index in [0.29, 0.717) is 10.6 Å². The number of halogens is 3. The molecule has 0 bridgehead atoms. The van der Waals surface area contributed by atoms with Gasteiger partial charge in [0.15, 0.2) is 11.6 Å². The smallest absolute Gasteiger partial charge is 0.259 e. The van der Waals surface area contributed by atoms with Crippen molar-refractivity contribution in [3.05, 3.63) is 76.3 Å². The summed E-state index contributed by atoms with van der Waals surface area (Å²) in [5.41, 5.74) is 5.51. The Labute approximate surface area is 158 Å². The van der Waals surface area contributed by atoms with Crippen LogP contribution < -0.4 is 15.2 Å². The maximum absolute atomic E-state index is 14.4. The zero-order valence-corrected chi connectivity index (χ0v) is 14.8. The zero-order valence-electron chi connectivity index (χ0n) is 14.1. The molecule has 0 fully saturated rings. The van der Waals surface area contributed by atoms with Crippen LogP contribution in [0.4, 0.5) is 8.78 Å². The van der Waals surface area contributed by atoms with E-state index in [1.165, 1.54) is 25.1 Å². The van der Waals surface area contributed by atoms with Crippen molar-refractivity contribution in [3.8, 4) is 23.3 Å². The number of amidine groups is 1. The summed E-state index contributed by atoms with van der Waals surface area (Å²) >= 11 is 5.88. The molecule has 27 heavy (non-hydrogen) atoms. The van der Waals surface area contributed by atoms with Gasteiger partial charge in [-0.2, -0.15) is 4.98 Å². The number of hydrogen-bond donors (Lipinski definition) is 2. The third kappa shape index (κ3) is 4.15. The Morgan fingerprint density at radius 3 is 2.11 bits per heavy atom. The molecule has 0 aliphatic rings. The van der Waals surface area contributed by atoms with Gasteiger partial charge < -0.3 is 15.2 Å². The van der Waals surface area contributed by atoms with Crippen LogP contribution >= 0.6 is 11.6 Å². The Bertz CT molecular complexity index is 1030. The van der Waals surface area contributed by atoms with Crippen molar-refractivity contribution < 1.29 is 18.3 Å². The van der Waals surface area contributed by atoms with E-state index < -0.39 is 23.4 Å². The summed E-state index contributed by atoms with van der Waals surface area (Å²) in [4.78, 5) is 3.80. The average molecular weight is 390 g/mol. The fourth-order valence-electron chi connectivity index (χ4n) is 2.22. The zero-order chi connectivity index (χ0) is 19.6. The van der Waals surface area contributed by atoms with Crippen LogP contribution in [0.5, 0.6) is 23.3 Å². The van der Waals surface area contributed by atoms with Gasteiger partial charge in [0.1, 0.15) is 17.3 Å². The van der Waals surface area contributed by atoms with Crippen LogP contribution in [0.25, 0.3) is 0 Å². The number of nitrogen functional groups attached to an aromatic ring is 1. The van der Waals surface area contributed by atoms with Crippen LogP contribution in [0.2, 0.25) is 5.02 Å². The third-order valence-electron chi connectivity index (χ3n) is 3.61. The number of pyridine rings is 1. The molecule has 1 heterocycles. The molecule has 0 atom stereocenters. The fraction of sp³-hybridized carbons (Fsp3) is 0.0526. The molecule has 3 aromatic rings. The van der Waals surface area contributed by atoms with Gasteiger partial charge in [0.05, 0.1) is 0 Å². The summed E-state index contributed by atoms with van der Waals surface area (Å²) in [5, 5.41) is 7.84. The summed E-state index contributed by atoms with van der Waals surface area (Å²) in [6, 6.07) is 12.4. The molecule has 0 aliphatic carbocycles. The van der Waals surface area contributed by atoms with Crippen molar-refractivity contribution >= 4 is 17.4 Å². The molecule has 0 spiro atoms. The van der Waals surface area contributed by atoms with Gasteiger partial charge >= 0.3 is 0 Å².